The van der Waals surface area contributed by atoms with Gasteiger partial charge in [-0.05, 0) is 51.6 Å². The number of hydrogen-bond donors (Lipinski definition) is 2. The molecule has 1 rings (SSSR count). The molecular formula is C18H31FN4. The number of nitrogens with one attached hydrogen (secondary N) is 2. The Morgan fingerprint density at radius 2 is 1.78 bits per heavy atom. The zero-order valence-electron chi connectivity index (χ0n) is 15.2. The molecule has 5 heteroatoms. The summed E-state index contributed by atoms with van der Waals surface area (Å²) in [6.45, 7) is 10.0. The largest absolute Gasteiger partial charge is 0.357 e. The molecule has 0 amide bonds. The molecule has 1 aromatic carbocycles. The first-order chi connectivity index (χ1) is 10.8. The van der Waals surface area contributed by atoms with E-state index in [2.05, 4.69) is 43.2 Å². The van der Waals surface area contributed by atoms with Gasteiger partial charge in [-0.3, -0.25) is 4.99 Å². The summed E-state index contributed by atoms with van der Waals surface area (Å²) >= 11 is 0. The Hall–Kier alpha value is -1.62. The second-order valence-corrected chi connectivity index (χ2v) is 6.43. The third kappa shape index (κ3) is 6.57. The molecule has 2 N–H and O–H groups in total. The van der Waals surface area contributed by atoms with Crippen molar-refractivity contribution < 1.29 is 4.39 Å². The Labute approximate surface area is 140 Å². The number of aliphatic imine (C=N–C) groups is 1. The lowest BCUT2D eigenvalue weighted by Gasteiger charge is -2.25. The molecule has 0 radical (unpaired) electrons. The molecule has 2 unspecified atom stereocenters. The van der Waals surface area contributed by atoms with E-state index in [0.29, 0.717) is 18.5 Å². The summed E-state index contributed by atoms with van der Waals surface area (Å²) in [5.74, 6) is 1.14. The maximum atomic E-state index is 13.1. The van der Waals surface area contributed by atoms with Crippen LogP contribution in [0.5, 0.6) is 0 Å². The zero-order chi connectivity index (χ0) is 17.4. The molecule has 0 aliphatic heterocycles. The van der Waals surface area contributed by atoms with Crippen molar-refractivity contribution in [2.75, 3.05) is 27.2 Å². The van der Waals surface area contributed by atoms with Gasteiger partial charge < -0.3 is 15.5 Å². The molecular weight excluding hydrogens is 291 g/mol. The minimum Gasteiger partial charge on any atom is -0.357 e. The number of benzene rings is 1. The van der Waals surface area contributed by atoms with Crippen LogP contribution in [0.4, 0.5) is 4.39 Å². The van der Waals surface area contributed by atoms with E-state index >= 15 is 0 Å². The highest BCUT2D eigenvalue weighted by Crippen LogP contribution is 2.19. The third-order valence-corrected chi connectivity index (χ3v) is 4.01. The van der Waals surface area contributed by atoms with E-state index in [0.717, 1.165) is 18.1 Å². The van der Waals surface area contributed by atoms with E-state index in [-0.39, 0.29) is 11.9 Å². The average molecular weight is 322 g/mol. The quantitative estimate of drug-likeness (QED) is 0.599. The first kappa shape index (κ1) is 19.4. The van der Waals surface area contributed by atoms with Gasteiger partial charge in [0.25, 0.3) is 0 Å². The molecule has 130 valence electrons. The Morgan fingerprint density at radius 3 is 2.26 bits per heavy atom. The number of halogens is 1. The zero-order valence-corrected chi connectivity index (χ0v) is 15.2. The van der Waals surface area contributed by atoms with Gasteiger partial charge in [0.15, 0.2) is 5.96 Å². The van der Waals surface area contributed by atoms with E-state index in [1.165, 1.54) is 12.1 Å². The molecule has 0 saturated carbocycles. The fourth-order valence-corrected chi connectivity index (χ4v) is 2.13. The Balaban J connectivity index is 2.85. The van der Waals surface area contributed by atoms with Gasteiger partial charge in [0.2, 0.25) is 0 Å². The minimum absolute atomic E-state index is 0.111. The molecule has 0 aliphatic rings. The monoisotopic (exact) mass is 322 g/mol. The summed E-state index contributed by atoms with van der Waals surface area (Å²) in [5, 5.41) is 6.72. The molecule has 0 aliphatic carbocycles. The molecule has 0 saturated heterocycles. The molecule has 1 aromatic rings. The Kier molecular flexibility index (Phi) is 8.03. The van der Waals surface area contributed by atoms with Crippen LogP contribution in [0.3, 0.4) is 0 Å². The lowest BCUT2D eigenvalue weighted by molar-refractivity contribution is 0.306. The Morgan fingerprint density at radius 1 is 1.17 bits per heavy atom. The van der Waals surface area contributed by atoms with E-state index < -0.39 is 0 Å². The van der Waals surface area contributed by atoms with Crippen molar-refractivity contribution >= 4 is 5.96 Å². The smallest absolute Gasteiger partial charge is 0.191 e. The molecule has 0 aromatic heterocycles. The van der Waals surface area contributed by atoms with Crippen LogP contribution in [0.15, 0.2) is 29.3 Å². The Bertz CT molecular complexity index is 482. The van der Waals surface area contributed by atoms with E-state index in [9.17, 15) is 4.39 Å². The molecule has 4 nitrogen and oxygen atoms in total. The number of nitrogens with zero attached hydrogens (tertiary/aromatic N) is 2. The lowest BCUT2D eigenvalue weighted by Crippen LogP contribution is -2.44. The third-order valence-electron chi connectivity index (χ3n) is 4.01. The van der Waals surface area contributed by atoms with Crippen LogP contribution >= 0.6 is 0 Å². The highest BCUT2D eigenvalue weighted by atomic mass is 19.1. The van der Waals surface area contributed by atoms with Gasteiger partial charge in [0.05, 0.1) is 12.6 Å². The first-order valence-corrected chi connectivity index (χ1v) is 8.31. The summed E-state index contributed by atoms with van der Waals surface area (Å²) < 4.78 is 13.1. The molecule has 0 bridgehead atoms. The molecule has 23 heavy (non-hydrogen) atoms. The highest BCUT2D eigenvalue weighted by molar-refractivity contribution is 5.80. The van der Waals surface area contributed by atoms with Gasteiger partial charge in [-0.1, -0.05) is 26.0 Å². The van der Waals surface area contributed by atoms with Crippen LogP contribution < -0.4 is 10.6 Å². The highest BCUT2D eigenvalue weighted by Gasteiger charge is 2.15. The summed E-state index contributed by atoms with van der Waals surface area (Å²) in [6, 6.07) is 7.11. The first-order valence-electron chi connectivity index (χ1n) is 8.31. The molecule has 0 spiro atoms. The van der Waals surface area contributed by atoms with E-state index in [4.69, 9.17) is 4.99 Å². The summed E-state index contributed by atoms with van der Waals surface area (Å²) in [4.78, 5) is 6.82. The second kappa shape index (κ2) is 9.50. The van der Waals surface area contributed by atoms with Crippen molar-refractivity contribution in [2.45, 2.75) is 39.8 Å². The van der Waals surface area contributed by atoms with Gasteiger partial charge in [0.1, 0.15) is 5.82 Å². The average Bonchev–Trinajstić information content (AvgIpc) is 2.48. The van der Waals surface area contributed by atoms with Crippen molar-refractivity contribution in [3.05, 3.63) is 35.6 Å². The fraction of sp³-hybridized carbons (Fsp3) is 0.611. The number of rotatable bonds is 7. The predicted molar refractivity (Wildman–Crippen MR) is 96.2 cm³/mol. The van der Waals surface area contributed by atoms with Crippen LogP contribution in [0, 0.1) is 11.7 Å². The van der Waals surface area contributed by atoms with Crippen molar-refractivity contribution in [2.24, 2.45) is 10.9 Å². The van der Waals surface area contributed by atoms with Crippen LogP contribution in [0.25, 0.3) is 0 Å². The summed E-state index contributed by atoms with van der Waals surface area (Å²) in [7, 11) is 4.03. The normalized spacial score (nSPS) is 14.9. The fourth-order valence-electron chi connectivity index (χ4n) is 2.13. The number of guanidine groups is 1. The van der Waals surface area contributed by atoms with Crippen LogP contribution in [0.2, 0.25) is 0 Å². The predicted octanol–water partition coefficient (Wildman–Crippen LogP) is 3.03. The topological polar surface area (TPSA) is 39.7 Å². The maximum absolute atomic E-state index is 13.1. The maximum Gasteiger partial charge on any atom is 0.191 e. The van der Waals surface area contributed by atoms with Crippen LogP contribution in [0.1, 0.15) is 39.3 Å². The minimum atomic E-state index is -0.212. The summed E-state index contributed by atoms with van der Waals surface area (Å²) in [5.41, 5.74) is 1.06. The van der Waals surface area contributed by atoms with Crippen LogP contribution in [-0.4, -0.2) is 44.1 Å². The van der Waals surface area contributed by atoms with E-state index in [1.807, 2.05) is 26.2 Å². The molecule has 0 heterocycles. The number of likely N-dealkylation sites (N-methyl/N-ethyl adjacent to an activating group) is 1. The van der Waals surface area contributed by atoms with Gasteiger partial charge in [-0.2, -0.15) is 0 Å². The van der Waals surface area contributed by atoms with Crippen LogP contribution in [-0.2, 0) is 0 Å². The van der Waals surface area contributed by atoms with Crippen molar-refractivity contribution in [3.8, 4) is 0 Å². The van der Waals surface area contributed by atoms with Crippen molar-refractivity contribution in [1.82, 2.24) is 15.5 Å². The molecule has 0 fully saturated rings. The standard InChI is InChI=1S/C18H31FN4/c1-7-20-18(22-14(4)13(2)3)21-12-17(23(5)6)15-8-10-16(19)11-9-15/h8-11,13-14,17H,7,12H2,1-6H3,(H2,20,21,22). The van der Waals surface area contributed by atoms with Gasteiger partial charge in [-0.15, -0.1) is 0 Å². The van der Waals surface area contributed by atoms with Crippen molar-refractivity contribution in [3.63, 3.8) is 0 Å². The van der Waals surface area contributed by atoms with E-state index in [1.54, 1.807) is 0 Å². The lowest BCUT2D eigenvalue weighted by atomic mass is 10.1. The van der Waals surface area contributed by atoms with Crippen molar-refractivity contribution in [1.29, 1.82) is 0 Å². The van der Waals surface area contributed by atoms with Gasteiger partial charge >= 0.3 is 0 Å². The molecule has 2 atom stereocenters. The second-order valence-electron chi connectivity index (χ2n) is 6.43. The van der Waals surface area contributed by atoms with Gasteiger partial charge in [0, 0.05) is 12.6 Å². The SMILES string of the molecule is CCNC(=NCC(c1ccc(F)cc1)N(C)C)NC(C)C(C)C. The summed E-state index contributed by atoms with van der Waals surface area (Å²) in [6.07, 6.45) is 0. The van der Waals surface area contributed by atoms with Gasteiger partial charge in [-0.25, -0.2) is 4.39 Å². The number of hydrogen-bond acceptors (Lipinski definition) is 2.